The van der Waals surface area contributed by atoms with E-state index >= 15 is 0 Å². The molecule has 0 aromatic carbocycles. The van der Waals surface area contributed by atoms with Crippen LogP contribution in [0.5, 0.6) is 0 Å². The Labute approximate surface area is 57.0 Å². The third-order valence-corrected chi connectivity index (χ3v) is 2.38. The number of aliphatic imine (C=N–C) groups is 1. The summed E-state index contributed by atoms with van der Waals surface area (Å²) in [7, 11) is 0. The monoisotopic (exact) mass is 138 g/mol. The molecule has 0 unspecified atom stereocenters. The van der Waals surface area contributed by atoms with Gasteiger partial charge in [-0.15, -0.1) is 11.3 Å². The quantitative estimate of drug-likeness (QED) is 0.570. The van der Waals surface area contributed by atoms with Crippen LogP contribution in [0, 0.1) is 0 Å². The molecule has 0 spiro atoms. The smallest absolute Gasteiger partial charge is 0.136 e. The number of nitrogens with zero attached hydrogens (tertiary/aromatic N) is 1. The van der Waals surface area contributed by atoms with E-state index in [1.807, 2.05) is 5.38 Å². The fourth-order valence-corrected chi connectivity index (χ4v) is 1.76. The largest absolute Gasteiger partial charge is 0.383 e. The molecule has 2 N–H and O–H groups in total. The minimum atomic E-state index is 0.708. The molecule has 0 aliphatic carbocycles. The van der Waals surface area contributed by atoms with Crippen LogP contribution in [0.2, 0.25) is 0 Å². The van der Waals surface area contributed by atoms with Crippen molar-refractivity contribution in [2.45, 2.75) is 6.54 Å². The first-order valence-electron chi connectivity index (χ1n) is 2.74. The van der Waals surface area contributed by atoms with Crippen LogP contribution >= 0.6 is 11.3 Å². The van der Waals surface area contributed by atoms with Crippen molar-refractivity contribution < 1.29 is 0 Å². The van der Waals surface area contributed by atoms with Crippen molar-refractivity contribution in [2.75, 3.05) is 0 Å². The highest BCUT2D eigenvalue weighted by atomic mass is 32.1. The number of hydrogen-bond donors (Lipinski definition) is 1. The Hall–Kier alpha value is -0.830. The molecule has 2 nitrogen and oxygen atoms in total. The number of rotatable bonds is 0. The first-order valence-corrected chi connectivity index (χ1v) is 3.62. The molecule has 0 amide bonds. The molecule has 1 aromatic heterocycles. The molecule has 2 heterocycles. The summed E-state index contributed by atoms with van der Waals surface area (Å²) in [6, 6.07) is 2.07. The van der Waals surface area contributed by atoms with Crippen molar-refractivity contribution in [3.8, 4) is 0 Å². The van der Waals surface area contributed by atoms with Crippen LogP contribution in [0.15, 0.2) is 16.4 Å². The fraction of sp³-hybridized carbons (Fsp3) is 0.167. The molecule has 0 saturated heterocycles. The topological polar surface area (TPSA) is 38.4 Å². The van der Waals surface area contributed by atoms with Crippen LogP contribution in [0.4, 0.5) is 0 Å². The molecule has 0 fully saturated rings. The Balaban J connectivity index is 2.62. The van der Waals surface area contributed by atoms with Gasteiger partial charge in [0.2, 0.25) is 0 Å². The Morgan fingerprint density at radius 3 is 3.33 bits per heavy atom. The molecule has 1 aliphatic rings. The van der Waals surface area contributed by atoms with Crippen molar-refractivity contribution in [2.24, 2.45) is 10.7 Å². The zero-order valence-corrected chi connectivity index (χ0v) is 5.61. The predicted octanol–water partition coefficient (Wildman–Crippen LogP) is 0.967. The van der Waals surface area contributed by atoms with Gasteiger partial charge >= 0.3 is 0 Å². The Kier molecular flexibility index (Phi) is 0.873. The van der Waals surface area contributed by atoms with Crippen LogP contribution in [0.25, 0.3) is 0 Å². The first kappa shape index (κ1) is 4.99. The van der Waals surface area contributed by atoms with Crippen LogP contribution in [0.1, 0.15) is 10.4 Å². The Morgan fingerprint density at radius 1 is 1.67 bits per heavy atom. The van der Waals surface area contributed by atoms with Crippen molar-refractivity contribution in [1.29, 1.82) is 0 Å². The van der Waals surface area contributed by atoms with E-state index in [9.17, 15) is 0 Å². The maximum absolute atomic E-state index is 5.55. The average molecular weight is 138 g/mol. The lowest BCUT2D eigenvalue weighted by atomic mass is 10.3. The van der Waals surface area contributed by atoms with Gasteiger partial charge in [-0.2, -0.15) is 0 Å². The zero-order chi connectivity index (χ0) is 6.27. The van der Waals surface area contributed by atoms with Crippen LogP contribution < -0.4 is 5.73 Å². The van der Waals surface area contributed by atoms with Gasteiger partial charge in [0, 0.05) is 0 Å². The van der Waals surface area contributed by atoms with E-state index in [1.54, 1.807) is 11.3 Å². The molecule has 9 heavy (non-hydrogen) atoms. The van der Waals surface area contributed by atoms with Gasteiger partial charge in [-0.3, -0.25) is 4.99 Å². The van der Waals surface area contributed by atoms with Gasteiger partial charge in [0.15, 0.2) is 0 Å². The SMILES string of the molecule is NC1=NCc2ccsc21. The molecule has 0 atom stereocenters. The van der Waals surface area contributed by atoms with E-state index in [0.29, 0.717) is 5.84 Å². The summed E-state index contributed by atoms with van der Waals surface area (Å²) in [6.45, 7) is 0.782. The third kappa shape index (κ3) is 0.580. The minimum Gasteiger partial charge on any atom is -0.383 e. The molecular formula is C6H6N2S. The first-order chi connectivity index (χ1) is 4.38. The average Bonchev–Trinajstić information content (AvgIpc) is 2.35. The molecule has 0 bridgehead atoms. The van der Waals surface area contributed by atoms with Gasteiger partial charge < -0.3 is 5.73 Å². The zero-order valence-electron chi connectivity index (χ0n) is 4.79. The molecule has 2 rings (SSSR count). The summed E-state index contributed by atoms with van der Waals surface area (Å²) >= 11 is 1.66. The maximum Gasteiger partial charge on any atom is 0.136 e. The standard InChI is InChI=1S/C6H6N2S/c7-6-5-4(3-8-6)1-2-9-5/h1-2H,3H2,(H2,7,8). The second-order valence-corrected chi connectivity index (χ2v) is 2.89. The van der Waals surface area contributed by atoms with Crippen molar-refractivity contribution in [3.63, 3.8) is 0 Å². The minimum absolute atomic E-state index is 0.708. The second-order valence-electron chi connectivity index (χ2n) is 1.98. The van der Waals surface area contributed by atoms with Crippen LogP contribution in [0.3, 0.4) is 0 Å². The number of hydrogen-bond acceptors (Lipinski definition) is 3. The number of thiophene rings is 1. The molecular weight excluding hydrogens is 132 g/mol. The second kappa shape index (κ2) is 1.57. The number of nitrogens with two attached hydrogens (primary N) is 1. The lowest BCUT2D eigenvalue weighted by Gasteiger charge is -1.84. The lowest BCUT2D eigenvalue weighted by Crippen LogP contribution is -2.07. The summed E-state index contributed by atoms with van der Waals surface area (Å²) in [6.07, 6.45) is 0. The molecule has 0 radical (unpaired) electrons. The molecule has 0 saturated carbocycles. The highest BCUT2D eigenvalue weighted by Gasteiger charge is 2.12. The summed E-state index contributed by atoms with van der Waals surface area (Å²) in [5.41, 5.74) is 6.83. The van der Waals surface area contributed by atoms with E-state index in [1.165, 1.54) is 5.56 Å². The van der Waals surface area contributed by atoms with E-state index in [4.69, 9.17) is 5.73 Å². The lowest BCUT2D eigenvalue weighted by molar-refractivity contribution is 1.11. The molecule has 46 valence electrons. The van der Waals surface area contributed by atoms with Crippen molar-refractivity contribution >= 4 is 17.2 Å². The van der Waals surface area contributed by atoms with Crippen LogP contribution in [-0.2, 0) is 6.54 Å². The molecule has 1 aliphatic heterocycles. The Morgan fingerprint density at radius 2 is 2.56 bits per heavy atom. The van der Waals surface area contributed by atoms with Gasteiger partial charge in [-0.05, 0) is 17.0 Å². The maximum atomic E-state index is 5.55. The normalized spacial score (nSPS) is 15.3. The van der Waals surface area contributed by atoms with Crippen molar-refractivity contribution in [3.05, 3.63) is 21.9 Å². The van der Waals surface area contributed by atoms with Crippen molar-refractivity contribution in [1.82, 2.24) is 0 Å². The van der Waals surface area contributed by atoms with E-state index in [0.717, 1.165) is 11.4 Å². The number of amidine groups is 1. The van der Waals surface area contributed by atoms with E-state index < -0.39 is 0 Å². The highest BCUT2D eigenvalue weighted by molar-refractivity contribution is 7.12. The van der Waals surface area contributed by atoms with Gasteiger partial charge in [0.25, 0.3) is 0 Å². The highest BCUT2D eigenvalue weighted by Crippen LogP contribution is 2.21. The molecule has 3 heteroatoms. The Bertz CT molecular complexity index is 262. The van der Waals surface area contributed by atoms with Crippen LogP contribution in [-0.4, -0.2) is 5.84 Å². The van der Waals surface area contributed by atoms with Gasteiger partial charge in [0.05, 0.1) is 11.4 Å². The number of fused-ring (bicyclic) bond motifs is 1. The van der Waals surface area contributed by atoms with E-state index in [2.05, 4.69) is 11.1 Å². The summed E-state index contributed by atoms with van der Waals surface area (Å²) in [4.78, 5) is 5.23. The van der Waals surface area contributed by atoms with Gasteiger partial charge in [0.1, 0.15) is 5.84 Å². The summed E-state index contributed by atoms with van der Waals surface area (Å²) in [5, 5.41) is 2.05. The van der Waals surface area contributed by atoms with Gasteiger partial charge in [-0.25, -0.2) is 0 Å². The predicted molar refractivity (Wildman–Crippen MR) is 38.7 cm³/mol. The summed E-state index contributed by atoms with van der Waals surface area (Å²) < 4.78 is 0. The third-order valence-electron chi connectivity index (χ3n) is 1.40. The summed E-state index contributed by atoms with van der Waals surface area (Å²) in [5.74, 6) is 0.708. The van der Waals surface area contributed by atoms with Gasteiger partial charge in [-0.1, -0.05) is 0 Å². The molecule has 1 aromatic rings. The fourth-order valence-electron chi connectivity index (χ4n) is 0.927. The van der Waals surface area contributed by atoms with E-state index in [-0.39, 0.29) is 0 Å².